The highest BCUT2D eigenvalue weighted by atomic mass is 15.3. The van der Waals surface area contributed by atoms with Crippen molar-refractivity contribution in [1.29, 1.82) is 0 Å². The van der Waals surface area contributed by atoms with Gasteiger partial charge in [-0.05, 0) is 24.8 Å². The molecule has 1 aromatic heterocycles. The molecule has 3 rings (SSSR count). The molecule has 0 saturated heterocycles. The summed E-state index contributed by atoms with van der Waals surface area (Å²) in [5.41, 5.74) is 2.58. The number of benzene rings is 1. The van der Waals surface area contributed by atoms with Gasteiger partial charge in [-0.25, -0.2) is 9.67 Å². The van der Waals surface area contributed by atoms with Crippen LogP contribution in [0.5, 0.6) is 0 Å². The summed E-state index contributed by atoms with van der Waals surface area (Å²) in [4.78, 5) is 4.67. The van der Waals surface area contributed by atoms with Crippen LogP contribution in [0.2, 0.25) is 0 Å². The monoisotopic (exact) mass is 241 g/mol. The van der Waals surface area contributed by atoms with E-state index in [2.05, 4.69) is 52.9 Å². The summed E-state index contributed by atoms with van der Waals surface area (Å²) in [6.45, 7) is 5.42. The first-order valence-corrected chi connectivity index (χ1v) is 6.69. The molecule has 0 radical (unpaired) electrons. The van der Waals surface area contributed by atoms with Gasteiger partial charge in [0.15, 0.2) is 5.82 Å². The molecule has 1 atom stereocenters. The first kappa shape index (κ1) is 11.5. The number of aryl methyl sites for hydroxylation is 2. The molecule has 0 bridgehead atoms. The molecule has 1 unspecified atom stereocenters. The number of nitrogens with zero attached hydrogens (tertiary/aromatic N) is 3. The average Bonchev–Trinajstić information content (AvgIpc) is 2.73. The first-order chi connectivity index (χ1) is 8.70. The lowest BCUT2D eigenvalue weighted by Crippen LogP contribution is -2.18. The average molecular weight is 241 g/mol. The maximum Gasteiger partial charge on any atom is 0.155 e. The molecule has 1 aliphatic rings. The van der Waals surface area contributed by atoms with E-state index in [4.69, 9.17) is 0 Å². The van der Waals surface area contributed by atoms with Crippen LogP contribution < -0.4 is 0 Å². The number of rotatable bonds is 2. The zero-order chi connectivity index (χ0) is 12.5. The summed E-state index contributed by atoms with van der Waals surface area (Å²) in [7, 11) is 0. The van der Waals surface area contributed by atoms with Gasteiger partial charge in [-0.3, -0.25) is 0 Å². The zero-order valence-electron chi connectivity index (χ0n) is 11.1. The highest BCUT2D eigenvalue weighted by Crippen LogP contribution is 2.18. The van der Waals surface area contributed by atoms with Crippen molar-refractivity contribution in [3.05, 3.63) is 47.0 Å². The van der Waals surface area contributed by atoms with Crippen LogP contribution in [0, 0.1) is 12.8 Å². The summed E-state index contributed by atoms with van der Waals surface area (Å²) in [6.07, 6.45) is 3.13. The van der Waals surface area contributed by atoms with E-state index in [-0.39, 0.29) is 0 Å². The first-order valence-electron chi connectivity index (χ1n) is 6.69. The largest absolute Gasteiger partial charge is 0.250 e. The van der Waals surface area contributed by atoms with Gasteiger partial charge in [-0.2, -0.15) is 5.10 Å². The van der Waals surface area contributed by atoms with Crippen molar-refractivity contribution in [2.75, 3.05) is 0 Å². The topological polar surface area (TPSA) is 30.7 Å². The summed E-state index contributed by atoms with van der Waals surface area (Å²) >= 11 is 0. The lowest BCUT2D eigenvalue weighted by molar-refractivity contribution is 0.385. The minimum Gasteiger partial charge on any atom is -0.250 e. The molecule has 0 N–H and O–H groups in total. The Morgan fingerprint density at radius 3 is 2.83 bits per heavy atom. The molecule has 2 heterocycles. The number of hydrogen-bond acceptors (Lipinski definition) is 2. The van der Waals surface area contributed by atoms with E-state index in [0.717, 1.165) is 37.0 Å². The summed E-state index contributed by atoms with van der Waals surface area (Å²) < 4.78 is 2.09. The Bertz CT molecular complexity index is 539. The molecule has 0 aliphatic carbocycles. The van der Waals surface area contributed by atoms with Gasteiger partial charge in [-0.1, -0.05) is 36.8 Å². The molecule has 0 saturated carbocycles. The lowest BCUT2D eigenvalue weighted by atomic mass is 10.0. The van der Waals surface area contributed by atoms with Crippen molar-refractivity contribution >= 4 is 0 Å². The Morgan fingerprint density at radius 1 is 1.28 bits per heavy atom. The van der Waals surface area contributed by atoms with E-state index in [1.807, 2.05) is 0 Å². The maximum atomic E-state index is 4.67. The molecule has 3 nitrogen and oxygen atoms in total. The van der Waals surface area contributed by atoms with Gasteiger partial charge in [0.1, 0.15) is 5.82 Å². The second kappa shape index (κ2) is 4.56. The van der Waals surface area contributed by atoms with Crippen molar-refractivity contribution in [3.8, 4) is 0 Å². The van der Waals surface area contributed by atoms with Crippen molar-refractivity contribution in [1.82, 2.24) is 14.8 Å². The van der Waals surface area contributed by atoms with Crippen LogP contribution in [0.15, 0.2) is 24.3 Å². The predicted octanol–water partition coefficient (Wildman–Crippen LogP) is 2.76. The molecule has 1 aromatic carbocycles. The third-order valence-corrected chi connectivity index (χ3v) is 3.64. The third kappa shape index (κ3) is 2.30. The number of aromatic nitrogens is 3. The van der Waals surface area contributed by atoms with Crippen molar-refractivity contribution in [2.24, 2.45) is 5.92 Å². The Morgan fingerprint density at radius 2 is 2.06 bits per heavy atom. The van der Waals surface area contributed by atoms with Crippen LogP contribution in [0.4, 0.5) is 0 Å². The smallest absolute Gasteiger partial charge is 0.155 e. The van der Waals surface area contributed by atoms with E-state index < -0.39 is 0 Å². The van der Waals surface area contributed by atoms with Crippen molar-refractivity contribution in [3.63, 3.8) is 0 Å². The van der Waals surface area contributed by atoms with Crippen LogP contribution in [0.25, 0.3) is 0 Å². The Kier molecular flexibility index (Phi) is 2.90. The normalized spacial score (nSPS) is 18.7. The molecule has 0 spiro atoms. The van der Waals surface area contributed by atoms with Crippen LogP contribution in [0.3, 0.4) is 0 Å². The van der Waals surface area contributed by atoms with Crippen molar-refractivity contribution in [2.45, 2.75) is 39.7 Å². The summed E-state index contributed by atoms with van der Waals surface area (Å²) in [5, 5.41) is 4.61. The number of fused-ring (bicyclic) bond motifs is 1. The highest BCUT2D eigenvalue weighted by molar-refractivity contribution is 5.23. The highest BCUT2D eigenvalue weighted by Gasteiger charge is 2.18. The molecule has 1 aliphatic heterocycles. The summed E-state index contributed by atoms with van der Waals surface area (Å²) in [6, 6.07) is 8.62. The minimum absolute atomic E-state index is 0.744. The second-order valence-electron chi connectivity index (χ2n) is 5.43. The van der Waals surface area contributed by atoms with Crippen LogP contribution in [-0.4, -0.2) is 14.8 Å². The molecule has 0 fully saturated rings. The van der Waals surface area contributed by atoms with Crippen molar-refractivity contribution < 1.29 is 0 Å². The maximum absolute atomic E-state index is 4.67. The standard InChI is InChI=1S/C15H19N3/c1-11-3-5-13(6-4-11)10-14-16-15-9-12(2)7-8-18(15)17-14/h3-6,12H,7-10H2,1-2H3. The second-order valence-corrected chi connectivity index (χ2v) is 5.43. The van der Waals surface area contributed by atoms with Gasteiger partial charge in [0.2, 0.25) is 0 Å². The fourth-order valence-electron chi connectivity index (χ4n) is 2.48. The van der Waals surface area contributed by atoms with Gasteiger partial charge in [0, 0.05) is 19.4 Å². The molecular formula is C15H19N3. The lowest BCUT2D eigenvalue weighted by Gasteiger charge is -2.17. The number of hydrogen-bond donors (Lipinski definition) is 0. The summed E-state index contributed by atoms with van der Waals surface area (Å²) in [5.74, 6) is 2.87. The van der Waals surface area contributed by atoms with Gasteiger partial charge in [-0.15, -0.1) is 0 Å². The molecule has 3 heteroatoms. The van der Waals surface area contributed by atoms with Gasteiger partial charge < -0.3 is 0 Å². The van der Waals surface area contributed by atoms with Crippen LogP contribution in [0.1, 0.15) is 36.1 Å². The van der Waals surface area contributed by atoms with Gasteiger partial charge >= 0.3 is 0 Å². The predicted molar refractivity (Wildman–Crippen MR) is 71.5 cm³/mol. The van der Waals surface area contributed by atoms with E-state index >= 15 is 0 Å². The molecule has 94 valence electrons. The Hall–Kier alpha value is -1.64. The van der Waals surface area contributed by atoms with Crippen LogP contribution >= 0.6 is 0 Å². The molecule has 0 amide bonds. The fourth-order valence-corrected chi connectivity index (χ4v) is 2.48. The van der Waals surface area contributed by atoms with E-state index in [1.165, 1.54) is 17.5 Å². The SMILES string of the molecule is Cc1ccc(Cc2nc3n(n2)CCC(C)C3)cc1. The van der Waals surface area contributed by atoms with E-state index in [9.17, 15) is 0 Å². The Labute approximate surface area is 108 Å². The zero-order valence-corrected chi connectivity index (χ0v) is 11.1. The molecular weight excluding hydrogens is 222 g/mol. The third-order valence-electron chi connectivity index (χ3n) is 3.64. The molecule has 18 heavy (non-hydrogen) atoms. The quantitative estimate of drug-likeness (QED) is 0.809. The van der Waals surface area contributed by atoms with E-state index in [1.54, 1.807) is 0 Å². The van der Waals surface area contributed by atoms with E-state index in [0.29, 0.717) is 0 Å². The molecule has 2 aromatic rings. The van der Waals surface area contributed by atoms with Gasteiger partial charge in [0.25, 0.3) is 0 Å². The van der Waals surface area contributed by atoms with Crippen LogP contribution in [-0.2, 0) is 19.4 Å². The minimum atomic E-state index is 0.744. The fraction of sp³-hybridized carbons (Fsp3) is 0.467. The Balaban J connectivity index is 1.79. The van der Waals surface area contributed by atoms with Gasteiger partial charge in [0.05, 0.1) is 0 Å².